The van der Waals surface area contributed by atoms with Gasteiger partial charge >= 0.3 is 0 Å². The van der Waals surface area contributed by atoms with E-state index in [9.17, 15) is 5.26 Å². The minimum atomic E-state index is -0.671. The molecule has 3 aromatic heterocycles. The number of rotatable bonds is 7. The van der Waals surface area contributed by atoms with E-state index in [-0.39, 0.29) is 33.9 Å². The van der Waals surface area contributed by atoms with Crippen LogP contribution in [0.5, 0.6) is 0 Å². The van der Waals surface area contributed by atoms with Crippen LogP contribution in [-0.4, -0.2) is 25.4 Å². The van der Waals surface area contributed by atoms with Crippen LogP contribution in [0.4, 0.5) is 0 Å². The molecule has 9 aromatic carbocycles. The molecular weight excluding hydrogens is 807 g/mol. The topological polar surface area (TPSA) is 89.3 Å². The first-order valence-corrected chi connectivity index (χ1v) is 21.1. The Bertz CT molecular complexity index is 4440. The second-order valence-electron chi connectivity index (χ2n) is 15.6. The molecule has 66 heavy (non-hydrogen) atoms. The van der Waals surface area contributed by atoms with Crippen molar-refractivity contribution in [3.63, 3.8) is 0 Å². The van der Waals surface area contributed by atoms with Crippen molar-refractivity contribution in [2.75, 3.05) is 0 Å². The molecule has 0 saturated heterocycles. The van der Waals surface area contributed by atoms with Gasteiger partial charge in [0, 0.05) is 37.9 Å². The SMILES string of the molecule is [2H]c1c([2H])c([2H])c(C(=C)N=C(N=C(N)c2c([2H])c([2H])c([2H])c([2H])c2[2H])c2c(-n3c4ccccc4c4ccccc43)cc(-n3c4ccccc4c4ccccc43)c(C#N)c2-n2c3ccccc3c3ccccc32)c([2H])c1[2H]. The Hall–Kier alpha value is -9.25. The van der Waals surface area contributed by atoms with Crippen LogP contribution in [0.15, 0.2) is 229 Å². The maximum absolute atomic E-state index is 12.2. The van der Waals surface area contributed by atoms with Gasteiger partial charge in [-0.2, -0.15) is 5.26 Å². The summed E-state index contributed by atoms with van der Waals surface area (Å²) >= 11 is 0. The van der Waals surface area contributed by atoms with Gasteiger partial charge in [0.2, 0.25) is 0 Å². The summed E-state index contributed by atoms with van der Waals surface area (Å²) in [6.07, 6.45) is 0. The van der Waals surface area contributed by atoms with E-state index in [4.69, 9.17) is 29.4 Å². The van der Waals surface area contributed by atoms with E-state index in [1.807, 2.05) is 161 Å². The Labute approximate surface area is 394 Å². The Morgan fingerprint density at radius 3 is 1.26 bits per heavy atom. The van der Waals surface area contributed by atoms with E-state index in [0.717, 1.165) is 54.4 Å². The lowest BCUT2D eigenvalue weighted by atomic mass is 9.99. The number of hydrogen-bond donors (Lipinski definition) is 1. The number of benzene rings is 9. The number of nitrogens with zero attached hydrogens (tertiary/aromatic N) is 6. The van der Waals surface area contributed by atoms with Crippen molar-refractivity contribution in [3.05, 3.63) is 241 Å². The van der Waals surface area contributed by atoms with Crippen LogP contribution in [0.1, 0.15) is 36.0 Å². The molecular formula is C59H39N7. The quantitative estimate of drug-likeness (QED) is 0.128. The standard InChI is InChI=1S/C59H39N7/c1-38(39-20-4-2-5-21-39)62-59(63-58(61)40-22-6-3-7-23-40)56-55(65-50-32-16-10-26-43(50)44-27-11-17-33-51(44)65)36-54(64-48-30-14-8-24-41(48)42-25-9-15-31-49(42)64)47(37-60)57(56)66-52-34-18-12-28-45(52)46-29-13-19-35-53(46)66/h2-36H,1H2,(H2,61,62,63)/i2D,3D,4D,5D,6D,7D,20D,21D,22D,23D. The molecule has 0 unspecified atom stereocenters. The second-order valence-corrected chi connectivity index (χ2v) is 15.6. The van der Waals surface area contributed by atoms with Crippen LogP contribution in [0, 0.1) is 11.3 Å². The molecule has 0 atom stereocenters. The van der Waals surface area contributed by atoms with Crippen LogP contribution in [0.2, 0.25) is 0 Å². The lowest BCUT2D eigenvalue weighted by Crippen LogP contribution is -2.20. The molecule has 7 heteroatoms. The Morgan fingerprint density at radius 1 is 0.485 bits per heavy atom. The minimum Gasteiger partial charge on any atom is -0.383 e. The van der Waals surface area contributed by atoms with Crippen molar-refractivity contribution in [2.45, 2.75) is 0 Å². The molecule has 0 spiro atoms. The summed E-state index contributed by atoms with van der Waals surface area (Å²) in [5.41, 5.74) is 11.5. The second kappa shape index (κ2) is 15.5. The highest BCUT2D eigenvalue weighted by atomic mass is 15.1. The highest BCUT2D eigenvalue weighted by Crippen LogP contribution is 2.44. The number of fused-ring (bicyclic) bond motifs is 9. The fourth-order valence-corrected chi connectivity index (χ4v) is 9.34. The first-order chi connectivity index (χ1) is 36.7. The zero-order chi connectivity index (χ0) is 53.0. The summed E-state index contributed by atoms with van der Waals surface area (Å²) in [5, 5.41) is 17.4. The third-order valence-electron chi connectivity index (χ3n) is 12.1. The van der Waals surface area contributed by atoms with Gasteiger partial charge in [-0.05, 0) is 48.0 Å². The smallest absolute Gasteiger partial charge is 0.166 e. The van der Waals surface area contributed by atoms with E-state index in [0.29, 0.717) is 22.4 Å². The Kier molecular flexibility index (Phi) is 6.86. The maximum Gasteiger partial charge on any atom is 0.166 e. The highest BCUT2D eigenvalue weighted by Gasteiger charge is 2.31. The van der Waals surface area contributed by atoms with Crippen LogP contribution in [0.25, 0.3) is 88.2 Å². The maximum atomic E-state index is 12.2. The van der Waals surface area contributed by atoms with Crippen molar-refractivity contribution < 1.29 is 13.7 Å². The first-order valence-electron chi connectivity index (χ1n) is 26.1. The van der Waals surface area contributed by atoms with E-state index in [2.05, 4.69) is 17.2 Å². The van der Waals surface area contributed by atoms with Crippen molar-refractivity contribution in [1.82, 2.24) is 13.7 Å². The third kappa shape index (κ3) is 5.97. The minimum absolute atomic E-state index is 0.114. The number of amidine groups is 2. The largest absolute Gasteiger partial charge is 0.383 e. The number of aliphatic imine (C=N–C) groups is 2. The summed E-state index contributed by atoms with van der Waals surface area (Å²) in [6, 6.07) is 45.0. The molecule has 12 rings (SSSR count). The van der Waals surface area contributed by atoms with Gasteiger partial charge in [-0.15, -0.1) is 0 Å². The van der Waals surface area contributed by atoms with Crippen molar-refractivity contribution in [3.8, 4) is 23.1 Å². The summed E-state index contributed by atoms with van der Waals surface area (Å²) < 4.78 is 93.6. The summed E-state index contributed by atoms with van der Waals surface area (Å²) in [5.74, 6) is -0.920. The normalized spacial score (nSPS) is 14.3. The fourth-order valence-electron chi connectivity index (χ4n) is 9.34. The van der Waals surface area contributed by atoms with Crippen LogP contribution < -0.4 is 5.73 Å². The zero-order valence-corrected chi connectivity index (χ0v) is 34.9. The van der Waals surface area contributed by atoms with Gasteiger partial charge in [-0.1, -0.05) is 176 Å². The van der Waals surface area contributed by atoms with Crippen molar-refractivity contribution in [2.24, 2.45) is 15.7 Å². The predicted octanol–water partition coefficient (Wildman–Crippen LogP) is 13.7. The third-order valence-corrected chi connectivity index (χ3v) is 12.1. The van der Waals surface area contributed by atoms with Gasteiger partial charge < -0.3 is 19.4 Å². The van der Waals surface area contributed by atoms with Crippen LogP contribution in [-0.2, 0) is 0 Å². The molecule has 0 aliphatic carbocycles. The van der Waals surface area contributed by atoms with Gasteiger partial charge in [0.15, 0.2) is 5.84 Å². The number of aromatic nitrogens is 3. The fraction of sp³-hybridized carbons (Fsp3) is 0. The molecule has 0 aliphatic heterocycles. The molecule has 0 amide bonds. The molecule has 0 radical (unpaired) electrons. The number of hydrogen-bond acceptors (Lipinski definition) is 2. The highest BCUT2D eigenvalue weighted by molar-refractivity contribution is 6.19. The number of para-hydroxylation sites is 6. The molecule has 3 heterocycles. The number of nitrogens with two attached hydrogens (primary N) is 1. The van der Waals surface area contributed by atoms with Crippen molar-refractivity contribution >= 4 is 82.8 Å². The average Bonchev–Trinajstić information content (AvgIpc) is 4.13. The van der Waals surface area contributed by atoms with Gasteiger partial charge in [0.1, 0.15) is 17.5 Å². The Morgan fingerprint density at radius 2 is 0.848 bits per heavy atom. The lowest BCUT2D eigenvalue weighted by molar-refractivity contribution is 1.08. The molecule has 0 aliphatic rings. The summed E-state index contributed by atoms with van der Waals surface area (Å²) in [7, 11) is 0. The summed E-state index contributed by atoms with van der Waals surface area (Å²) in [6.45, 7) is 4.23. The van der Waals surface area contributed by atoms with Gasteiger partial charge in [-0.3, -0.25) is 0 Å². The van der Waals surface area contributed by atoms with Gasteiger partial charge in [0.25, 0.3) is 0 Å². The molecule has 0 bridgehead atoms. The molecule has 12 aromatic rings. The van der Waals surface area contributed by atoms with E-state index in [1.165, 1.54) is 0 Å². The van der Waals surface area contributed by atoms with E-state index >= 15 is 0 Å². The van der Waals surface area contributed by atoms with Gasteiger partial charge in [0.05, 0.1) is 75.1 Å². The molecule has 2 N–H and O–H groups in total. The zero-order valence-electron chi connectivity index (χ0n) is 44.9. The summed E-state index contributed by atoms with van der Waals surface area (Å²) in [4.78, 5) is 10.0. The van der Waals surface area contributed by atoms with E-state index in [1.54, 1.807) is 0 Å². The Balaban J connectivity index is 1.37. The average molecular weight is 856 g/mol. The lowest BCUT2D eigenvalue weighted by Gasteiger charge is -2.24. The van der Waals surface area contributed by atoms with Crippen molar-refractivity contribution in [1.29, 1.82) is 5.26 Å². The molecule has 310 valence electrons. The predicted molar refractivity (Wildman–Crippen MR) is 273 cm³/mol. The first kappa shape index (κ1) is 29.2. The monoisotopic (exact) mass is 855 g/mol. The number of nitriles is 1. The molecule has 0 saturated carbocycles. The van der Waals surface area contributed by atoms with Crippen LogP contribution >= 0.6 is 0 Å². The molecule has 7 nitrogen and oxygen atoms in total. The van der Waals surface area contributed by atoms with Crippen LogP contribution in [0.3, 0.4) is 0 Å². The van der Waals surface area contributed by atoms with E-state index < -0.39 is 71.8 Å². The van der Waals surface area contributed by atoms with Gasteiger partial charge in [-0.25, -0.2) is 9.98 Å². The molecule has 0 fully saturated rings.